The maximum Gasteiger partial charge on any atom is 0.241 e. The van der Waals surface area contributed by atoms with Crippen molar-refractivity contribution in [2.75, 3.05) is 13.2 Å². The fourth-order valence-corrected chi connectivity index (χ4v) is 3.71. The van der Waals surface area contributed by atoms with Gasteiger partial charge in [-0.05, 0) is 23.8 Å². The molecule has 0 fully saturated rings. The standard InChI is InChI=1S/C16H21NO3S/c1-2-13(10-11-18)12-17-21(19,20)16-9-5-7-14-6-3-4-8-15(14)16/h3-9,13,17-18H,2,10-12H2,1H3. The summed E-state index contributed by atoms with van der Waals surface area (Å²) in [6.45, 7) is 2.42. The Balaban J connectivity index is 2.26. The van der Waals surface area contributed by atoms with Gasteiger partial charge in [0, 0.05) is 18.5 Å². The number of sulfonamides is 1. The topological polar surface area (TPSA) is 66.4 Å². The summed E-state index contributed by atoms with van der Waals surface area (Å²) in [5, 5.41) is 10.6. The molecule has 0 aromatic heterocycles. The molecule has 2 rings (SSSR count). The molecule has 0 heterocycles. The molecule has 2 aromatic rings. The van der Waals surface area contributed by atoms with Gasteiger partial charge >= 0.3 is 0 Å². The lowest BCUT2D eigenvalue weighted by Gasteiger charge is -2.15. The molecular formula is C16H21NO3S. The molecule has 0 radical (unpaired) electrons. The number of aliphatic hydroxyl groups is 1. The molecule has 4 nitrogen and oxygen atoms in total. The first-order chi connectivity index (χ1) is 10.1. The van der Waals surface area contributed by atoms with Crippen LogP contribution in [0.15, 0.2) is 47.4 Å². The van der Waals surface area contributed by atoms with E-state index in [9.17, 15) is 8.42 Å². The van der Waals surface area contributed by atoms with Crippen LogP contribution in [0, 0.1) is 5.92 Å². The van der Waals surface area contributed by atoms with Crippen molar-refractivity contribution in [2.45, 2.75) is 24.7 Å². The number of nitrogens with one attached hydrogen (secondary N) is 1. The molecule has 1 unspecified atom stereocenters. The molecule has 0 aliphatic rings. The van der Waals surface area contributed by atoms with Crippen LogP contribution in [0.25, 0.3) is 10.8 Å². The fourth-order valence-electron chi connectivity index (χ4n) is 2.37. The van der Waals surface area contributed by atoms with Crippen molar-refractivity contribution in [3.05, 3.63) is 42.5 Å². The third kappa shape index (κ3) is 3.81. The minimum absolute atomic E-state index is 0.0779. The maximum atomic E-state index is 12.5. The van der Waals surface area contributed by atoms with Gasteiger partial charge in [0.05, 0.1) is 4.90 Å². The van der Waals surface area contributed by atoms with Gasteiger partial charge in [-0.15, -0.1) is 0 Å². The van der Waals surface area contributed by atoms with E-state index in [1.54, 1.807) is 12.1 Å². The van der Waals surface area contributed by atoms with E-state index in [4.69, 9.17) is 5.11 Å². The highest BCUT2D eigenvalue weighted by Gasteiger charge is 2.18. The van der Waals surface area contributed by atoms with Gasteiger partial charge in [-0.25, -0.2) is 13.1 Å². The smallest absolute Gasteiger partial charge is 0.241 e. The molecule has 1 atom stereocenters. The first kappa shape index (κ1) is 15.9. The summed E-state index contributed by atoms with van der Waals surface area (Å²) >= 11 is 0. The summed E-state index contributed by atoms with van der Waals surface area (Å²) in [6.07, 6.45) is 1.44. The van der Waals surface area contributed by atoms with Crippen LogP contribution in [0.5, 0.6) is 0 Å². The molecule has 0 amide bonds. The van der Waals surface area contributed by atoms with Crippen molar-refractivity contribution in [1.29, 1.82) is 0 Å². The molecule has 5 heteroatoms. The van der Waals surface area contributed by atoms with E-state index in [1.165, 1.54) is 0 Å². The first-order valence-electron chi connectivity index (χ1n) is 7.16. The van der Waals surface area contributed by atoms with Crippen molar-refractivity contribution in [3.63, 3.8) is 0 Å². The van der Waals surface area contributed by atoms with Gasteiger partial charge in [-0.3, -0.25) is 0 Å². The average molecular weight is 307 g/mol. The Bertz CT molecular complexity index is 692. The Morgan fingerprint density at radius 3 is 2.57 bits per heavy atom. The van der Waals surface area contributed by atoms with Gasteiger partial charge in [-0.1, -0.05) is 49.7 Å². The summed E-state index contributed by atoms with van der Waals surface area (Å²) in [5.41, 5.74) is 0. The number of rotatable bonds is 7. The predicted octanol–water partition coefficient (Wildman–Crippen LogP) is 2.53. The quantitative estimate of drug-likeness (QED) is 0.826. The van der Waals surface area contributed by atoms with Crippen LogP contribution in [-0.2, 0) is 10.0 Å². The van der Waals surface area contributed by atoms with Crippen molar-refractivity contribution < 1.29 is 13.5 Å². The first-order valence-corrected chi connectivity index (χ1v) is 8.65. The van der Waals surface area contributed by atoms with E-state index >= 15 is 0 Å². The molecule has 114 valence electrons. The van der Waals surface area contributed by atoms with Crippen LogP contribution in [0.4, 0.5) is 0 Å². The lowest BCUT2D eigenvalue weighted by atomic mass is 10.0. The number of hydrogen-bond donors (Lipinski definition) is 2. The zero-order valence-corrected chi connectivity index (χ0v) is 12.9. The molecule has 2 N–H and O–H groups in total. The lowest BCUT2D eigenvalue weighted by Crippen LogP contribution is -2.29. The minimum Gasteiger partial charge on any atom is -0.396 e. The Morgan fingerprint density at radius 1 is 1.14 bits per heavy atom. The highest BCUT2D eigenvalue weighted by atomic mass is 32.2. The highest BCUT2D eigenvalue weighted by Crippen LogP contribution is 2.22. The number of hydrogen-bond acceptors (Lipinski definition) is 3. The zero-order valence-electron chi connectivity index (χ0n) is 12.1. The summed E-state index contributed by atoms with van der Waals surface area (Å²) in [6, 6.07) is 12.7. The van der Waals surface area contributed by atoms with E-state index in [0.29, 0.717) is 17.9 Å². The van der Waals surface area contributed by atoms with Crippen molar-refractivity contribution in [1.82, 2.24) is 4.72 Å². The zero-order chi connectivity index (χ0) is 15.3. The summed E-state index contributed by atoms with van der Waals surface area (Å²) < 4.78 is 27.7. The molecule has 0 saturated heterocycles. The van der Waals surface area contributed by atoms with E-state index < -0.39 is 10.0 Å². The SMILES string of the molecule is CCC(CCO)CNS(=O)(=O)c1cccc2ccccc12. The second-order valence-corrected chi connectivity index (χ2v) is 6.85. The molecule has 0 aliphatic carbocycles. The van der Waals surface area contributed by atoms with Crippen LogP contribution < -0.4 is 4.72 Å². The second-order valence-electron chi connectivity index (χ2n) is 5.12. The Kier molecular flexibility index (Phi) is 5.33. The number of fused-ring (bicyclic) bond motifs is 1. The van der Waals surface area contributed by atoms with Crippen molar-refractivity contribution in [2.24, 2.45) is 5.92 Å². The molecule has 21 heavy (non-hydrogen) atoms. The molecule has 0 spiro atoms. The van der Waals surface area contributed by atoms with Crippen LogP contribution in [0.1, 0.15) is 19.8 Å². The van der Waals surface area contributed by atoms with Gasteiger partial charge in [0.2, 0.25) is 10.0 Å². The van der Waals surface area contributed by atoms with Gasteiger partial charge in [0.25, 0.3) is 0 Å². The largest absolute Gasteiger partial charge is 0.396 e. The Labute approximate surface area is 125 Å². The second kappa shape index (κ2) is 7.02. The summed E-state index contributed by atoms with van der Waals surface area (Å²) in [4.78, 5) is 0.305. The fraction of sp³-hybridized carbons (Fsp3) is 0.375. The summed E-state index contributed by atoms with van der Waals surface area (Å²) in [5.74, 6) is 0.153. The Hall–Kier alpha value is -1.43. The van der Waals surface area contributed by atoms with Gasteiger partial charge in [0.15, 0.2) is 0 Å². The van der Waals surface area contributed by atoms with Crippen LogP contribution >= 0.6 is 0 Å². The molecule has 0 saturated carbocycles. The van der Waals surface area contributed by atoms with Crippen molar-refractivity contribution >= 4 is 20.8 Å². The van der Waals surface area contributed by atoms with Crippen LogP contribution in [-0.4, -0.2) is 26.7 Å². The highest BCUT2D eigenvalue weighted by molar-refractivity contribution is 7.89. The van der Waals surface area contributed by atoms with Gasteiger partial charge in [0.1, 0.15) is 0 Å². The lowest BCUT2D eigenvalue weighted by molar-refractivity contribution is 0.254. The van der Waals surface area contributed by atoms with Gasteiger partial charge in [-0.2, -0.15) is 0 Å². The maximum absolute atomic E-state index is 12.5. The monoisotopic (exact) mass is 307 g/mol. The van der Waals surface area contributed by atoms with E-state index in [0.717, 1.165) is 17.2 Å². The van der Waals surface area contributed by atoms with E-state index in [2.05, 4.69) is 4.72 Å². The number of aliphatic hydroxyl groups excluding tert-OH is 1. The van der Waals surface area contributed by atoms with Crippen LogP contribution in [0.3, 0.4) is 0 Å². The summed E-state index contributed by atoms with van der Waals surface area (Å²) in [7, 11) is -3.54. The van der Waals surface area contributed by atoms with Crippen LogP contribution in [0.2, 0.25) is 0 Å². The average Bonchev–Trinajstić information content (AvgIpc) is 2.50. The normalized spacial score (nSPS) is 13.4. The van der Waals surface area contributed by atoms with E-state index in [1.807, 2.05) is 37.3 Å². The number of benzene rings is 2. The molecule has 0 bridgehead atoms. The van der Waals surface area contributed by atoms with Gasteiger partial charge < -0.3 is 5.11 Å². The Morgan fingerprint density at radius 2 is 1.86 bits per heavy atom. The minimum atomic E-state index is -3.54. The molecule has 2 aromatic carbocycles. The molecule has 0 aliphatic heterocycles. The van der Waals surface area contributed by atoms with E-state index in [-0.39, 0.29) is 12.5 Å². The third-order valence-electron chi connectivity index (χ3n) is 3.72. The molecular weight excluding hydrogens is 286 g/mol. The van der Waals surface area contributed by atoms with Crippen molar-refractivity contribution in [3.8, 4) is 0 Å². The third-order valence-corrected chi connectivity index (χ3v) is 5.20. The predicted molar refractivity (Wildman–Crippen MR) is 84.6 cm³/mol.